The van der Waals surface area contributed by atoms with E-state index in [0.717, 1.165) is 11.3 Å². The van der Waals surface area contributed by atoms with Gasteiger partial charge in [0.25, 0.3) is 0 Å². The average molecular weight is 267 g/mol. The van der Waals surface area contributed by atoms with Gasteiger partial charge in [-0.15, -0.1) is 0 Å². The zero-order valence-corrected chi connectivity index (χ0v) is 11.4. The van der Waals surface area contributed by atoms with Gasteiger partial charge >= 0.3 is 0 Å². The molecule has 4 heteroatoms. The highest BCUT2D eigenvalue weighted by Crippen LogP contribution is 2.25. The van der Waals surface area contributed by atoms with E-state index in [9.17, 15) is 4.79 Å². The molecule has 0 atom stereocenters. The Morgan fingerprint density at radius 3 is 2.78 bits per heavy atom. The number of halogens is 1. The Hall–Kier alpha value is -1.06. The standard InChI is InChI=1S/C14H19ClN2O/c1-10-5-4-8-12(15)14(10)17-13(18)9-16-11-6-2-3-7-11/h4-5,8,11,16H,2-3,6-7,9H2,1H3,(H,17,18). The fraction of sp³-hybridized carbons (Fsp3) is 0.500. The fourth-order valence-corrected chi connectivity index (χ4v) is 2.61. The van der Waals surface area contributed by atoms with E-state index < -0.39 is 0 Å². The minimum absolute atomic E-state index is 0.0295. The molecule has 1 aliphatic carbocycles. The zero-order chi connectivity index (χ0) is 13.0. The molecule has 0 aromatic heterocycles. The number of carbonyl (C=O) groups excluding carboxylic acids is 1. The van der Waals surface area contributed by atoms with Gasteiger partial charge in [-0.2, -0.15) is 0 Å². The predicted octanol–water partition coefficient (Wildman–Crippen LogP) is 3.12. The van der Waals surface area contributed by atoms with Gasteiger partial charge in [0.15, 0.2) is 0 Å². The predicted molar refractivity (Wildman–Crippen MR) is 75.1 cm³/mol. The van der Waals surface area contributed by atoms with Gasteiger partial charge in [0, 0.05) is 6.04 Å². The minimum Gasteiger partial charge on any atom is -0.323 e. The Labute approximate surface area is 113 Å². The van der Waals surface area contributed by atoms with Gasteiger partial charge in [0.1, 0.15) is 0 Å². The van der Waals surface area contributed by atoms with E-state index in [0.29, 0.717) is 17.6 Å². The van der Waals surface area contributed by atoms with E-state index in [1.807, 2.05) is 19.1 Å². The van der Waals surface area contributed by atoms with Crippen LogP contribution in [0, 0.1) is 6.92 Å². The number of rotatable bonds is 4. The summed E-state index contributed by atoms with van der Waals surface area (Å²) < 4.78 is 0. The highest BCUT2D eigenvalue weighted by atomic mass is 35.5. The summed E-state index contributed by atoms with van der Waals surface area (Å²) in [5, 5.41) is 6.74. The van der Waals surface area contributed by atoms with Gasteiger partial charge in [-0.25, -0.2) is 0 Å². The fourth-order valence-electron chi connectivity index (χ4n) is 2.34. The van der Waals surface area contributed by atoms with Crippen molar-refractivity contribution in [2.75, 3.05) is 11.9 Å². The van der Waals surface area contributed by atoms with E-state index in [4.69, 9.17) is 11.6 Å². The monoisotopic (exact) mass is 266 g/mol. The second kappa shape index (κ2) is 6.21. The third-order valence-electron chi connectivity index (χ3n) is 3.39. The van der Waals surface area contributed by atoms with Crippen LogP contribution in [0.25, 0.3) is 0 Å². The molecule has 18 heavy (non-hydrogen) atoms. The first kappa shape index (κ1) is 13.4. The quantitative estimate of drug-likeness (QED) is 0.879. The Morgan fingerprint density at radius 2 is 2.11 bits per heavy atom. The van der Waals surface area contributed by atoms with Crippen molar-refractivity contribution in [3.63, 3.8) is 0 Å². The molecule has 1 amide bonds. The molecule has 2 rings (SSSR count). The lowest BCUT2D eigenvalue weighted by atomic mass is 10.2. The third kappa shape index (κ3) is 3.47. The topological polar surface area (TPSA) is 41.1 Å². The molecule has 0 unspecified atom stereocenters. The molecule has 0 saturated heterocycles. The van der Waals surface area contributed by atoms with Gasteiger partial charge in [-0.1, -0.05) is 36.6 Å². The first-order valence-electron chi connectivity index (χ1n) is 6.45. The highest BCUT2D eigenvalue weighted by Gasteiger charge is 2.15. The Kier molecular flexibility index (Phi) is 4.61. The summed E-state index contributed by atoms with van der Waals surface area (Å²) in [5.41, 5.74) is 1.70. The van der Waals surface area contributed by atoms with Crippen LogP contribution in [-0.4, -0.2) is 18.5 Å². The third-order valence-corrected chi connectivity index (χ3v) is 3.71. The van der Waals surface area contributed by atoms with Crippen LogP contribution in [0.5, 0.6) is 0 Å². The highest BCUT2D eigenvalue weighted by molar-refractivity contribution is 6.33. The molecule has 1 aliphatic rings. The summed E-state index contributed by atoms with van der Waals surface area (Å²) in [7, 11) is 0. The maximum atomic E-state index is 11.8. The van der Waals surface area contributed by atoms with Crippen molar-refractivity contribution in [2.24, 2.45) is 0 Å². The van der Waals surface area contributed by atoms with Crippen molar-refractivity contribution in [2.45, 2.75) is 38.6 Å². The molecule has 3 nitrogen and oxygen atoms in total. The molecule has 1 fully saturated rings. The molecule has 0 bridgehead atoms. The van der Waals surface area contributed by atoms with Crippen LogP contribution < -0.4 is 10.6 Å². The van der Waals surface area contributed by atoms with E-state index in [1.54, 1.807) is 6.07 Å². The van der Waals surface area contributed by atoms with Gasteiger partial charge < -0.3 is 10.6 Å². The lowest BCUT2D eigenvalue weighted by molar-refractivity contribution is -0.115. The summed E-state index contributed by atoms with van der Waals surface area (Å²) >= 11 is 6.07. The van der Waals surface area contributed by atoms with Crippen molar-refractivity contribution in [1.29, 1.82) is 0 Å². The molecular weight excluding hydrogens is 248 g/mol. The molecule has 1 aromatic carbocycles. The SMILES string of the molecule is Cc1cccc(Cl)c1NC(=O)CNC1CCCC1. The minimum atomic E-state index is -0.0295. The summed E-state index contributed by atoms with van der Waals surface area (Å²) in [4.78, 5) is 11.8. The summed E-state index contributed by atoms with van der Waals surface area (Å²) in [5.74, 6) is -0.0295. The van der Waals surface area contributed by atoms with Crippen LogP contribution in [0.3, 0.4) is 0 Å². The van der Waals surface area contributed by atoms with Crippen molar-refractivity contribution < 1.29 is 4.79 Å². The van der Waals surface area contributed by atoms with Gasteiger partial charge in [0.05, 0.1) is 17.3 Å². The van der Waals surface area contributed by atoms with E-state index in [2.05, 4.69) is 10.6 Å². The normalized spacial score (nSPS) is 15.9. The number of benzene rings is 1. The average Bonchev–Trinajstić information content (AvgIpc) is 2.84. The molecule has 0 heterocycles. The summed E-state index contributed by atoms with van der Waals surface area (Å²) in [6.07, 6.45) is 4.89. The molecule has 98 valence electrons. The number of amides is 1. The number of hydrogen-bond acceptors (Lipinski definition) is 2. The zero-order valence-electron chi connectivity index (χ0n) is 10.6. The van der Waals surface area contributed by atoms with Crippen molar-refractivity contribution >= 4 is 23.2 Å². The van der Waals surface area contributed by atoms with Crippen LogP contribution in [0.1, 0.15) is 31.2 Å². The first-order chi connectivity index (χ1) is 8.66. The van der Waals surface area contributed by atoms with E-state index >= 15 is 0 Å². The smallest absolute Gasteiger partial charge is 0.238 e. The van der Waals surface area contributed by atoms with Crippen molar-refractivity contribution in [3.05, 3.63) is 28.8 Å². The number of hydrogen-bond donors (Lipinski definition) is 2. The van der Waals surface area contributed by atoms with Crippen molar-refractivity contribution in [3.8, 4) is 0 Å². The van der Waals surface area contributed by atoms with Crippen LogP contribution >= 0.6 is 11.6 Å². The van der Waals surface area contributed by atoms with Gasteiger partial charge in [0.2, 0.25) is 5.91 Å². The molecule has 1 aromatic rings. The van der Waals surface area contributed by atoms with Crippen LogP contribution in [-0.2, 0) is 4.79 Å². The molecule has 1 saturated carbocycles. The number of carbonyl (C=O) groups is 1. The number of anilines is 1. The largest absolute Gasteiger partial charge is 0.323 e. The maximum Gasteiger partial charge on any atom is 0.238 e. The van der Waals surface area contributed by atoms with Gasteiger partial charge in [-0.3, -0.25) is 4.79 Å². The molecule has 0 aliphatic heterocycles. The van der Waals surface area contributed by atoms with Crippen LogP contribution in [0.2, 0.25) is 5.02 Å². The van der Waals surface area contributed by atoms with Crippen LogP contribution in [0.4, 0.5) is 5.69 Å². The van der Waals surface area contributed by atoms with Crippen LogP contribution in [0.15, 0.2) is 18.2 Å². The molecule has 2 N–H and O–H groups in total. The van der Waals surface area contributed by atoms with E-state index in [-0.39, 0.29) is 5.91 Å². The summed E-state index contributed by atoms with van der Waals surface area (Å²) in [6.45, 7) is 2.29. The molecule has 0 radical (unpaired) electrons. The number of nitrogens with one attached hydrogen (secondary N) is 2. The second-order valence-electron chi connectivity index (χ2n) is 4.84. The molecule has 0 spiro atoms. The lowest BCUT2D eigenvalue weighted by Crippen LogP contribution is -2.34. The Morgan fingerprint density at radius 1 is 1.39 bits per heavy atom. The maximum absolute atomic E-state index is 11.8. The molecular formula is C14H19ClN2O. The van der Waals surface area contributed by atoms with Crippen molar-refractivity contribution in [1.82, 2.24) is 5.32 Å². The number of aryl methyl sites for hydroxylation is 1. The van der Waals surface area contributed by atoms with Gasteiger partial charge in [-0.05, 0) is 31.4 Å². The first-order valence-corrected chi connectivity index (χ1v) is 6.83. The lowest BCUT2D eigenvalue weighted by Gasteiger charge is -2.13. The second-order valence-corrected chi connectivity index (χ2v) is 5.25. The Balaban J connectivity index is 1.86. The number of para-hydroxylation sites is 1. The Bertz CT molecular complexity index is 408. The summed E-state index contributed by atoms with van der Waals surface area (Å²) in [6, 6.07) is 6.10. The van der Waals surface area contributed by atoms with E-state index in [1.165, 1.54) is 25.7 Å².